The molecular weight excluding hydrogens is 229 g/mol. The van der Waals surface area contributed by atoms with Gasteiger partial charge in [-0.1, -0.05) is 29.0 Å². The third kappa shape index (κ3) is 1.34. The average Bonchev–Trinajstić information content (AvgIpc) is 2.56. The molecule has 2 rings (SSSR count). The topological polar surface area (TPSA) is 43.1 Å². The maximum absolute atomic E-state index is 13.0. The normalized spacial score (nSPS) is 10.7. The van der Waals surface area contributed by atoms with E-state index in [0.29, 0.717) is 10.1 Å². The number of nitro groups is 1. The molecule has 0 saturated heterocycles. The molecule has 6 heteroatoms. The number of halogens is 2. The second kappa shape index (κ2) is 3.18. The van der Waals surface area contributed by atoms with Gasteiger partial charge in [0.05, 0.1) is 14.6 Å². The highest BCUT2D eigenvalue weighted by Crippen LogP contribution is 2.37. The van der Waals surface area contributed by atoms with Crippen molar-refractivity contribution in [1.82, 2.24) is 0 Å². The number of benzene rings is 1. The van der Waals surface area contributed by atoms with Crippen LogP contribution in [0.2, 0.25) is 5.02 Å². The molecule has 14 heavy (non-hydrogen) atoms. The van der Waals surface area contributed by atoms with Gasteiger partial charge in [0.2, 0.25) is 0 Å². The lowest BCUT2D eigenvalue weighted by atomic mass is 10.2. The molecule has 0 fully saturated rings. The van der Waals surface area contributed by atoms with Crippen molar-refractivity contribution in [3.63, 3.8) is 0 Å². The first-order chi connectivity index (χ1) is 6.59. The van der Waals surface area contributed by atoms with Crippen LogP contribution in [0.1, 0.15) is 0 Å². The summed E-state index contributed by atoms with van der Waals surface area (Å²) in [6, 6.07) is 4.05. The summed E-state index contributed by atoms with van der Waals surface area (Å²) in [6.45, 7) is 0. The molecule has 1 aromatic carbocycles. The van der Waals surface area contributed by atoms with Gasteiger partial charge >= 0.3 is 5.00 Å². The fraction of sp³-hybridized carbons (Fsp3) is 0. The number of thiophene rings is 1. The molecule has 2 aromatic rings. The van der Waals surface area contributed by atoms with Gasteiger partial charge in [-0.3, -0.25) is 10.1 Å². The first-order valence-electron chi connectivity index (χ1n) is 3.61. The first-order valence-corrected chi connectivity index (χ1v) is 4.81. The van der Waals surface area contributed by atoms with E-state index in [9.17, 15) is 14.5 Å². The summed E-state index contributed by atoms with van der Waals surface area (Å²) >= 11 is 6.53. The molecule has 0 N–H and O–H groups in total. The number of fused-ring (bicyclic) bond motifs is 1. The van der Waals surface area contributed by atoms with Crippen molar-refractivity contribution >= 4 is 38.0 Å². The Morgan fingerprint density at radius 3 is 2.86 bits per heavy atom. The van der Waals surface area contributed by atoms with Crippen molar-refractivity contribution in [2.75, 3.05) is 0 Å². The van der Waals surface area contributed by atoms with E-state index in [-0.39, 0.29) is 10.0 Å². The van der Waals surface area contributed by atoms with E-state index < -0.39 is 10.7 Å². The zero-order valence-electron chi connectivity index (χ0n) is 6.66. The Morgan fingerprint density at radius 2 is 2.21 bits per heavy atom. The number of nitrogens with zero attached hydrogens (tertiary/aromatic N) is 1. The average molecular weight is 232 g/mol. The van der Waals surface area contributed by atoms with Gasteiger partial charge in [-0.25, -0.2) is 4.39 Å². The summed E-state index contributed by atoms with van der Waals surface area (Å²) in [5.74, 6) is -0.559. The Balaban J connectivity index is 2.77. The van der Waals surface area contributed by atoms with Crippen LogP contribution in [0.4, 0.5) is 9.39 Å². The Bertz CT molecular complexity index is 525. The summed E-state index contributed by atoms with van der Waals surface area (Å²) in [7, 11) is 0. The van der Waals surface area contributed by atoms with Crippen molar-refractivity contribution in [3.05, 3.63) is 39.2 Å². The monoisotopic (exact) mass is 231 g/mol. The van der Waals surface area contributed by atoms with Crippen molar-refractivity contribution in [3.8, 4) is 0 Å². The van der Waals surface area contributed by atoms with Crippen LogP contribution in [0.5, 0.6) is 0 Å². The predicted octanol–water partition coefficient (Wildman–Crippen LogP) is 3.60. The molecule has 0 spiro atoms. The van der Waals surface area contributed by atoms with Crippen molar-refractivity contribution in [2.24, 2.45) is 0 Å². The number of rotatable bonds is 1. The van der Waals surface area contributed by atoms with E-state index in [1.54, 1.807) is 0 Å². The Morgan fingerprint density at radius 1 is 1.50 bits per heavy atom. The van der Waals surface area contributed by atoms with E-state index >= 15 is 0 Å². The SMILES string of the molecule is O=[N+]([O-])c1cc2ccc(F)c(Cl)c2s1. The second-order valence-electron chi connectivity index (χ2n) is 2.62. The van der Waals surface area contributed by atoms with Crippen molar-refractivity contribution in [1.29, 1.82) is 0 Å². The second-order valence-corrected chi connectivity index (χ2v) is 4.03. The number of hydrogen-bond donors (Lipinski definition) is 0. The van der Waals surface area contributed by atoms with Crippen LogP contribution in [0, 0.1) is 15.9 Å². The highest BCUT2D eigenvalue weighted by molar-refractivity contribution is 7.22. The first kappa shape index (κ1) is 9.36. The molecule has 1 heterocycles. The van der Waals surface area contributed by atoms with Gasteiger partial charge < -0.3 is 0 Å². The smallest absolute Gasteiger partial charge is 0.258 e. The number of hydrogen-bond acceptors (Lipinski definition) is 3. The van der Waals surface area contributed by atoms with E-state index in [4.69, 9.17) is 11.6 Å². The Kier molecular flexibility index (Phi) is 2.13. The summed E-state index contributed by atoms with van der Waals surface area (Å²) in [5, 5.41) is 10.9. The van der Waals surface area contributed by atoms with Crippen LogP contribution < -0.4 is 0 Å². The molecule has 0 amide bonds. The van der Waals surface area contributed by atoms with E-state index in [1.165, 1.54) is 18.2 Å². The van der Waals surface area contributed by atoms with Gasteiger partial charge in [-0.05, 0) is 6.07 Å². The standard InChI is InChI=1S/C8H3ClFNO2S/c9-7-5(10)2-1-4-3-6(11(12)13)14-8(4)7/h1-3H. The maximum Gasteiger partial charge on any atom is 0.325 e. The maximum atomic E-state index is 13.0. The van der Waals surface area contributed by atoms with Crippen molar-refractivity contribution < 1.29 is 9.31 Å². The fourth-order valence-corrected chi connectivity index (χ4v) is 2.31. The minimum absolute atomic E-state index is 0.0347. The molecule has 0 saturated carbocycles. The van der Waals surface area contributed by atoms with Crippen LogP contribution in [0.25, 0.3) is 10.1 Å². The lowest BCUT2D eigenvalue weighted by Gasteiger charge is -1.92. The lowest BCUT2D eigenvalue weighted by Crippen LogP contribution is -1.80. The van der Waals surface area contributed by atoms with Gasteiger partial charge in [-0.15, -0.1) is 0 Å². The van der Waals surface area contributed by atoms with E-state index in [1.807, 2.05) is 0 Å². The molecule has 0 aliphatic heterocycles. The summed E-state index contributed by atoms with van der Waals surface area (Å²) in [4.78, 5) is 9.93. The summed E-state index contributed by atoms with van der Waals surface area (Å²) in [5.41, 5.74) is 0. The van der Waals surface area contributed by atoms with Gasteiger partial charge in [0, 0.05) is 11.5 Å². The minimum Gasteiger partial charge on any atom is -0.258 e. The molecule has 0 unspecified atom stereocenters. The zero-order chi connectivity index (χ0) is 10.3. The van der Waals surface area contributed by atoms with Gasteiger partial charge in [0.1, 0.15) is 5.82 Å². The van der Waals surface area contributed by atoms with Crippen LogP contribution in [0.15, 0.2) is 18.2 Å². The van der Waals surface area contributed by atoms with Gasteiger partial charge in [0.25, 0.3) is 0 Å². The van der Waals surface area contributed by atoms with Crippen LogP contribution >= 0.6 is 22.9 Å². The summed E-state index contributed by atoms with van der Waals surface area (Å²) in [6.07, 6.45) is 0. The van der Waals surface area contributed by atoms with Gasteiger partial charge in [0.15, 0.2) is 0 Å². The Hall–Kier alpha value is -1.20. The molecule has 0 bridgehead atoms. The predicted molar refractivity (Wildman–Crippen MR) is 53.4 cm³/mol. The van der Waals surface area contributed by atoms with Gasteiger partial charge in [-0.2, -0.15) is 0 Å². The Labute approximate surface area is 86.9 Å². The highest BCUT2D eigenvalue weighted by Gasteiger charge is 2.15. The van der Waals surface area contributed by atoms with Crippen LogP contribution in [-0.4, -0.2) is 4.92 Å². The minimum atomic E-state index is -0.559. The zero-order valence-corrected chi connectivity index (χ0v) is 8.23. The molecule has 72 valence electrons. The fourth-order valence-electron chi connectivity index (χ4n) is 1.12. The molecule has 3 nitrogen and oxygen atoms in total. The van der Waals surface area contributed by atoms with Crippen molar-refractivity contribution in [2.45, 2.75) is 0 Å². The third-order valence-electron chi connectivity index (χ3n) is 1.75. The largest absolute Gasteiger partial charge is 0.325 e. The third-order valence-corrected chi connectivity index (χ3v) is 3.35. The van der Waals surface area contributed by atoms with Crippen LogP contribution in [-0.2, 0) is 0 Å². The molecule has 0 aliphatic rings. The molecule has 1 aromatic heterocycles. The van der Waals surface area contributed by atoms with E-state index in [2.05, 4.69) is 0 Å². The summed E-state index contributed by atoms with van der Waals surface area (Å²) < 4.78 is 13.4. The highest BCUT2D eigenvalue weighted by atomic mass is 35.5. The lowest BCUT2D eigenvalue weighted by molar-refractivity contribution is -0.380. The molecular formula is C8H3ClFNO2S. The quantitative estimate of drug-likeness (QED) is 0.556. The molecule has 0 atom stereocenters. The molecule has 0 aliphatic carbocycles. The van der Waals surface area contributed by atoms with Crippen LogP contribution in [0.3, 0.4) is 0 Å². The van der Waals surface area contributed by atoms with E-state index in [0.717, 1.165) is 11.3 Å². The molecule has 0 radical (unpaired) electrons.